The lowest BCUT2D eigenvalue weighted by Gasteiger charge is -2.15. The van der Waals surface area contributed by atoms with Crippen LogP contribution in [0.3, 0.4) is 0 Å². The zero-order valence-electron chi connectivity index (χ0n) is 12.2. The summed E-state index contributed by atoms with van der Waals surface area (Å²) in [6, 6.07) is 5.28. The maximum Gasteiger partial charge on any atom is 0.272 e. The van der Waals surface area contributed by atoms with Crippen LogP contribution in [0.1, 0.15) is 17.4 Å². The van der Waals surface area contributed by atoms with Gasteiger partial charge in [0.15, 0.2) is 0 Å². The zero-order valence-corrected chi connectivity index (χ0v) is 12.2. The molecule has 7 nitrogen and oxygen atoms in total. The van der Waals surface area contributed by atoms with E-state index in [-0.39, 0.29) is 23.7 Å². The molecule has 0 radical (unpaired) electrons. The standard InChI is InChI=1S/C15H17N5O2/c1-10-8-19(9-12(10)14(16)21)15(22)13-7-11(3-5-17-13)20-6-2-4-18-20/h2-7,10,12H,8-9H2,1H3,(H2,16,21)/t10-,12-/m1/s1. The van der Waals surface area contributed by atoms with Gasteiger partial charge in [-0.2, -0.15) is 5.10 Å². The molecule has 3 rings (SSSR count). The summed E-state index contributed by atoms with van der Waals surface area (Å²) in [6.45, 7) is 2.79. The molecule has 0 aromatic carbocycles. The van der Waals surface area contributed by atoms with E-state index in [4.69, 9.17) is 5.73 Å². The van der Waals surface area contributed by atoms with Gasteiger partial charge in [0.1, 0.15) is 5.69 Å². The van der Waals surface area contributed by atoms with Crippen molar-refractivity contribution < 1.29 is 9.59 Å². The summed E-state index contributed by atoms with van der Waals surface area (Å²) >= 11 is 0. The molecule has 0 spiro atoms. The van der Waals surface area contributed by atoms with Crippen molar-refractivity contribution in [1.82, 2.24) is 19.7 Å². The number of carbonyl (C=O) groups is 2. The number of nitrogens with two attached hydrogens (primary N) is 1. The molecule has 1 saturated heterocycles. The number of aromatic nitrogens is 3. The number of rotatable bonds is 3. The molecular weight excluding hydrogens is 282 g/mol. The van der Waals surface area contributed by atoms with E-state index in [9.17, 15) is 9.59 Å². The fraction of sp³-hybridized carbons (Fsp3) is 0.333. The highest BCUT2D eigenvalue weighted by Crippen LogP contribution is 2.24. The van der Waals surface area contributed by atoms with Gasteiger partial charge in [0.2, 0.25) is 5.91 Å². The fourth-order valence-electron chi connectivity index (χ4n) is 2.77. The molecule has 1 fully saturated rings. The van der Waals surface area contributed by atoms with Gasteiger partial charge < -0.3 is 10.6 Å². The summed E-state index contributed by atoms with van der Waals surface area (Å²) in [5.41, 5.74) is 6.48. The molecule has 0 aliphatic carbocycles. The van der Waals surface area contributed by atoms with Crippen LogP contribution in [0, 0.1) is 11.8 Å². The van der Waals surface area contributed by atoms with E-state index in [1.807, 2.05) is 13.0 Å². The molecular formula is C15H17N5O2. The smallest absolute Gasteiger partial charge is 0.272 e. The van der Waals surface area contributed by atoms with Crippen LogP contribution in [0.2, 0.25) is 0 Å². The van der Waals surface area contributed by atoms with E-state index in [2.05, 4.69) is 10.1 Å². The Bertz CT molecular complexity index is 698. The molecule has 2 aromatic rings. The van der Waals surface area contributed by atoms with Crippen LogP contribution >= 0.6 is 0 Å². The third-order valence-electron chi connectivity index (χ3n) is 4.00. The highest BCUT2D eigenvalue weighted by Gasteiger charge is 2.36. The first-order valence-electron chi connectivity index (χ1n) is 7.11. The Kier molecular flexibility index (Phi) is 3.62. The fourth-order valence-corrected chi connectivity index (χ4v) is 2.77. The molecule has 2 atom stereocenters. The van der Waals surface area contributed by atoms with Gasteiger partial charge in [-0.25, -0.2) is 4.68 Å². The first-order valence-corrected chi connectivity index (χ1v) is 7.11. The van der Waals surface area contributed by atoms with E-state index < -0.39 is 0 Å². The Morgan fingerprint density at radius 1 is 1.32 bits per heavy atom. The lowest BCUT2D eigenvalue weighted by atomic mass is 9.98. The molecule has 7 heteroatoms. The predicted octanol–water partition coefficient (Wildman–Crippen LogP) is 0.461. The average Bonchev–Trinajstić information content (AvgIpc) is 3.16. The maximum atomic E-state index is 12.6. The van der Waals surface area contributed by atoms with Crippen LogP contribution in [-0.2, 0) is 4.79 Å². The first-order chi connectivity index (χ1) is 10.6. The molecule has 114 valence electrons. The summed E-state index contributed by atoms with van der Waals surface area (Å²) in [4.78, 5) is 29.7. The van der Waals surface area contributed by atoms with Crippen LogP contribution in [0.4, 0.5) is 0 Å². The Hall–Kier alpha value is -2.70. The van der Waals surface area contributed by atoms with Crippen LogP contribution in [0.15, 0.2) is 36.8 Å². The van der Waals surface area contributed by atoms with Gasteiger partial charge in [-0.15, -0.1) is 0 Å². The zero-order chi connectivity index (χ0) is 15.7. The van der Waals surface area contributed by atoms with Crippen molar-refractivity contribution in [3.05, 3.63) is 42.5 Å². The van der Waals surface area contributed by atoms with Crippen molar-refractivity contribution in [2.45, 2.75) is 6.92 Å². The number of amides is 2. The minimum atomic E-state index is -0.360. The monoisotopic (exact) mass is 299 g/mol. The molecule has 2 aromatic heterocycles. The van der Waals surface area contributed by atoms with Crippen LogP contribution in [0.5, 0.6) is 0 Å². The van der Waals surface area contributed by atoms with Crippen LogP contribution in [0.25, 0.3) is 5.69 Å². The number of hydrogen-bond donors (Lipinski definition) is 1. The number of primary amides is 1. The molecule has 0 unspecified atom stereocenters. The van der Waals surface area contributed by atoms with Crippen molar-refractivity contribution >= 4 is 11.8 Å². The van der Waals surface area contributed by atoms with E-state index in [0.29, 0.717) is 18.8 Å². The molecule has 0 saturated carbocycles. The SMILES string of the molecule is C[C@@H]1CN(C(=O)c2cc(-n3cccn3)ccn2)C[C@H]1C(N)=O. The van der Waals surface area contributed by atoms with Crippen molar-refractivity contribution in [2.75, 3.05) is 13.1 Å². The highest BCUT2D eigenvalue weighted by molar-refractivity contribution is 5.93. The van der Waals surface area contributed by atoms with Gasteiger partial charge in [0.25, 0.3) is 5.91 Å². The summed E-state index contributed by atoms with van der Waals surface area (Å²) in [5, 5.41) is 4.13. The van der Waals surface area contributed by atoms with Crippen LogP contribution < -0.4 is 5.73 Å². The van der Waals surface area contributed by atoms with E-state index in [1.54, 1.807) is 40.3 Å². The van der Waals surface area contributed by atoms with Gasteiger partial charge in [-0.3, -0.25) is 14.6 Å². The van der Waals surface area contributed by atoms with Crippen molar-refractivity contribution in [1.29, 1.82) is 0 Å². The summed E-state index contributed by atoms with van der Waals surface area (Å²) in [5.74, 6) is -0.778. The summed E-state index contributed by atoms with van der Waals surface area (Å²) in [6.07, 6.45) is 5.04. The van der Waals surface area contributed by atoms with Gasteiger partial charge in [0, 0.05) is 31.7 Å². The highest BCUT2D eigenvalue weighted by atomic mass is 16.2. The molecule has 1 aliphatic rings. The van der Waals surface area contributed by atoms with Crippen LogP contribution in [-0.4, -0.2) is 44.6 Å². The topological polar surface area (TPSA) is 94.1 Å². The molecule has 0 bridgehead atoms. The Balaban J connectivity index is 1.81. The van der Waals surface area contributed by atoms with Gasteiger partial charge in [-0.1, -0.05) is 6.92 Å². The second-order valence-electron chi connectivity index (χ2n) is 5.55. The summed E-state index contributed by atoms with van der Waals surface area (Å²) in [7, 11) is 0. The van der Waals surface area contributed by atoms with Crippen molar-refractivity contribution in [3.8, 4) is 5.69 Å². The largest absolute Gasteiger partial charge is 0.369 e. The lowest BCUT2D eigenvalue weighted by molar-refractivity contribution is -0.122. The van der Waals surface area contributed by atoms with Crippen molar-refractivity contribution in [3.63, 3.8) is 0 Å². The van der Waals surface area contributed by atoms with E-state index in [1.165, 1.54) is 0 Å². The minimum Gasteiger partial charge on any atom is -0.369 e. The second-order valence-corrected chi connectivity index (χ2v) is 5.55. The lowest BCUT2D eigenvalue weighted by Crippen LogP contribution is -2.32. The number of pyridine rings is 1. The quantitative estimate of drug-likeness (QED) is 0.891. The van der Waals surface area contributed by atoms with Gasteiger partial charge in [-0.05, 0) is 24.1 Å². The summed E-state index contributed by atoms with van der Waals surface area (Å²) < 4.78 is 1.66. The molecule has 1 aliphatic heterocycles. The molecule has 3 heterocycles. The van der Waals surface area contributed by atoms with Gasteiger partial charge >= 0.3 is 0 Å². The normalized spacial score (nSPS) is 21.0. The number of hydrogen-bond acceptors (Lipinski definition) is 4. The predicted molar refractivity (Wildman–Crippen MR) is 79.1 cm³/mol. The Morgan fingerprint density at radius 3 is 2.77 bits per heavy atom. The number of likely N-dealkylation sites (tertiary alicyclic amines) is 1. The Labute approximate surface area is 127 Å². The molecule has 2 amide bonds. The molecule has 22 heavy (non-hydrogen) atoms. The maximum absolute atomic E-state index is 12.6. The van der Waals surface area contributed by atoms with Gasteiger partial charge in [0.05, 0.1) is 11.6 Å². The number of nitrogens with zero attached hydrogens (tertiary/aromatic N) is 4. The third kappa shape index (κ3) is 2.57. The van der Waals surface area contributed by atoms with E-state index >= 15 is 0 Å². The minimum absolute atomic E-state index is 0.0655. The van der Waals surface area contributed by atoms with Crippen molar-refractivity contribution in [2.24, 2.45) is 17.6 Å². The number of carbonyl (C=O) groups excluding carboxylic acids is 2. The Morgan fingerprint density at radius 2 is 2.14 bits per heavy atom. The van der Waals surface area contributed by atoms with E-state index in [0.717, 1.165) is 5.69 Å². The second kappa shape index (κ2) is 5.59. The first kappa shape index (κ1) is 14.2. The molecule has 2 N–H and O–H groups in total. The third-order valence-corrected chi connectivity index (χ3v) is 4.00. The average molecular weight is 299 g/mol.